The van der Waals surface area contributed by atoms with Gasteiger partial charge in [0.15, 0.2) is 0 Å². The molecule has 0 radical (unpaired) electrons. The summed E-state index contributed by atoms with van der Waals surface area (Å²) in [4.78, 5) is 0.0345. The number of benzene rings is 2. The van der Waals surface area contributed by atoms with Crippen LogP contribution in [0, 0.1) is 12.7 Å². The van der Waals surface area contributed by atoms with Gasteiger partial charge in [0, 0.05) is 6.54 Å². The number of sulfonamides is 1. The largest absolute Gasteiger partial charge is 0.491 e. The smallest absolute Gasteiger partial charge is 0.240 e. The van der Waals surface area contributed by atoms with Crippen LogP contribution in [0.3, 0.4) is 0 Å². The maximum atomic E-state index is 13.2. The number of hydrogen-bond acceptors (Lipinski definition) is 3. The first-order chi connectivity index (χ1) is 10.4. The van der Waals surface area contributed by atoms with Crippen LogP contribution < -0.4 is 9.46 Å². The highest BCUT2D eigenvalue weighted by molar-refractivity contribution is 9.10. The minimum atomic E-state index is -3.67. The van der Waals surface area contributed by atoms with Gasteiger partial charge in [-0.25, -0.2) is 17.5 Å². The van der Waals surface area contributed by atoms with E-state index in [0.29, 0.717) is 5.75 Å². The molecule has 0 unspecified atom stereocenters. The monoisotopic (exact) mass is 387 g/mol. The van der Waals surface area contributed by atoms with Gasteiger partial charge < -0.3 is 4.74 Å². The molecule has 0 aliphatic rings. The molecule has 2 aromatic carbocycles. The maximum Gasteiger partial charge on any atom is 0.240 e. The standard InChI is InChI=1S/C15H15BrFNO3S/c1-11-10-12(6-7-14(11)17)22(19,20)18-8-9-21-15-5-3-2-4-13(15)16/h2-7,10,18H,8-9H2,1H3. The van der Waals surface area contributed by atoms with E-state index in [9.17, 15) is 12.8 Å². The molecule has 0 saturated heterocycles. The van der Waals surface area contributed by atoms with Crippen molar-refractivity contribution in [1.29, 1.82) is 0 Å². The summed E-state index contributed by atoms with van der Waals surface area (Å²) in [5, 5.41) is 0. The summed E-state index contributed by atoms with van der Waals surface area (Å²) >= 11 is 3.34. The van der Waals surface area contributed by atoms with Crippen LogP contribution in [-0.2, 0) is 10.0 Å². The van der Waals surface area contributed by atoms with Gasteiger partial charge in [-0.15, -0.1) is 0 Å². The fourth-order valence-corrected chi connectivity index (χ4v) is 3.26. The third-order valence-electron chi connectivity index (χ3n) is 2.93. The van der Waals surface area contributed by atoms with Crippen molar-refractivity contribution in [3.8, 4) is 5.75 Å². The van der Waals surface area contributed by atoms with Crippen LogP contribution in [0.5, 0.6) is 5.75 Å². The van der Waals surface area contributed by atoms with E-state index in [1.165, 1.54) is 19.1 Å². The predicted molar refractivity (Wildman–Crippen MR) is 86.0 cm³/mol. The van der Waals surface area contributed by atoms with Crippen LogP contribution in [0.1, 0.15) is 5.56 Å². The molecule has 0 heterocycles. The van der Waals surface area contributed by atoms with Gasteiger partial charge in [-0.2, -0.15) is 0 Å². The Morgan fingerprint density at radius 1 is 1.23 bits per heavy atom. The molecule has 22 heavy (non-hydrogen) atoms. The van der Waals surface area contributed by atoms with E-state index in [4.69, 9.17) is 4.74 Å². The second-order valence-electron chi connectivity index (χ2n) is 4.59. The van der Waals surface area contributed by atoms with Crippen molar-refractivity contribution in [2.75, 3.05) is 13.2 Å². The molecule has 0 saturated carbocycles. The zero-order valence-corrected chi connectivity index (χ0v) is 14.2. The van der Waals surface area contributed by atoms with E-state index in [1.54, 1.807) is 6.07 Å². The lowest BCUT2D eigenvalue weighted by atomic mass is 10.2. The minimum absolute atomic E-state index is 0.0345. The Balaban J connectivity index is 1.93. The van der Waals surface area contributed by atoms with E-state index in [-0.39, 0.29) is 23.6 Å². The normalized spacial score (nSPS) is 11.4. The first-order valence-electron chi connectivity index (χ1n) is 6.53. The third-order valence-corrected chi connectivity index (χ3v) is 5.04. The Morgan fingerprint density at radius 3 is 2.64 bits per heavy atom. The minimum Gasteiger partial charge on any atom is -0.491 e. The fraction of sp³-hybridized carbons (Fsp3) is 0.200. The highest BCUT2D eigenvalue weighted by atomic mass is 79.9. The number of para-hydroxylation sites is 1. The van der Waals surface area contributed by atoms with E-state index in [1.807, 2.05) is 18.2 Å². The zero-order valence-electron chi connectivity index (χ0n) is 11.8. The number of aryl methyl sites for hydroxylation is 1. The SMILES string of the molecule is Cc1cc(S(=O)(=O)NCCOc2ccccc2Br)ccc1F. The van der Waals surface area contributed by atoms with E-state index >= 15 is 0 Å². The number of rotatable bonds is 6. The maximum absolute atomic E-state index is 13.2. The summed E-state index contributed by atoms with van der Waals surface area (Å²) in [6, 6.07) is 11.0. The molecule has 0 aliphatic carbocycles. The van der Waals surface area contributed by atoms with Crippen LogP contribution in [0.2, 0.25) is 0 Å². The van der Waals surface area contributed by atoms with Crippen LogP contribution in [-0.4, -0.2) is 21.6 Å². The second-order valence-corrected chi connectivity index (χ2v) is 7.21. The molecule has 118 valence electrons. The highest BCUT2D eigenvalue weighted by Crippen LogP contribution is 2.23. The molecule has 4 nitrogen and oxygen atoms in total. The van der Waals surface area contributed by atoms with Gasteiger partial charge in [-0.05, 0) is 58.7 Å². The van der Waals surface area contributed by atoms with Gasteiger partial charge in [0.05, 0.1) is 9.37 Å². The fourth-order valence-electron chi connectivity index (χ4n) is 1.77. The molecule has 2 aromatic rings. The molecule has 0 atom stereocenters. The zero-order chi connectivity index (χ0) is 16.2. The Kier molecular flexibility index (Phi) is 5.55. The first kappa shape index (κ1) is 16.9. The summed E-state index contributed by atoms with van der Waals surface area (Å²) in [5.74, 6) is 0.204. The number of halogens is 2. The lowest BCUT2D eigenvalue weighted by Crippen LogP contribution is -2.28. The molecule has 0 bridgehead atoms. The number of nitrogens with one attached hydrogen (secondary N) is 1. The van der Waals surface area contributed by atoms with Gasteiger partial charge in [-0.1, -0.05) is 12.1 Å². The predicted octanol–water partition coefficient (Wildman–Crippen LogP) is 3.25. The second kappa shape index (κ2) is 7.21. The summed E-state index contributed by atoms with van der Waals surface area (Å²) < 4.78 is 46.0. The molecule has 2 rings (SSSR count). The Bertz CT molecular complexity index is 765. The molecular formula is C15H15BrFNO3S. The van der Waals surface area contributed by atoms with Crippen molar-refractivity contribution in [2.45, 2.75) is 11.8 Å². The van der Waals surface area contributed by atoms with Gasteiger partial charge in [0.25, 0.3) is 0 Å². The first-order valence-corrected chi connectivity index (χ1v) is 8.81. The van der Waals surface area contributed by atoms with Crippen molar-refractivity contribution >= 4 is 26.0 Å². The van der Waals surface area contributed by atoms with Crippen LogP contribution in [0.4, 0.5) is 4.39 Å². The Labute approximate surface area is 137 Å². The highest BCUT2D eigenvalue weighted by Gasteiger charge is 2.14. The molecule has 0 amide bonds. The van der Waals surface area contributed by atoms with Crippen molar-refractivity contribution in [1.82, 2.24) is 4.72 Å². The van der Waals surface area contributed by atoms with Gasteiger partial charge in [0.1, 0.15) is 18.2 Å². The number of ether oxygens (including phenoxy) is 1. The summed E-state index contributed by atoms with van der Waals surface area (Å²) in [5.41, 5.74) is 0.285. The van der Waals surface area contributed by atoms with Crippen LogP contribution >= 0.6 is 15.9 Å². The van der Waals surface area contributed by atoms with Crippen LogP contribution in [0.25, 0.3) is 0 Å². The lowest BCUT2D eigenvalue weighted by molar-refractivity contribution is 0.321. The molecule has 0 aromatic heterocycles. The molecule has 1 N–H and O–H groups in total. The van der Waals surface area contributed by atoms with Crippen LogP contribution in [0.15, 0.2) is 51.8 Å². The van der Waals surface area contributed by atoms with Gasteiger partial charge in [0.2, 0.25) is 10.0 Å². The molecular weight excluding hydrogens is 373 g/mol. The van der Waals surface area contributed by atoms with Gasteiger partial charge in [-0.3, -0.25) is 0 Å². The summed E-state index contributed by atoms with van der Waals surface area (Å²) in [6.45, 7) is 1.81. The van der Waals surface area contributed by atoms with E-state index in [0.717, 1.165) is 10.5 Å². The van der Waals surface area contributed by atoms with Crippen molar-refractivity contribution < 1.29 is 17.5 Å². The summed E-state index contributed by atoms with van der Waals surface area (Å²) in [6.07, 6.45) is 0. The lowest BCUT2D eigenvalue weighted by Gasteiger charge is -2.10. The summed E-state index contributed by atoms with van der Waals surface area (Å²) in [7, 11) is -3.67. The van der Waals surface area contributed by atoms with Crippen molar-refractivity contribution in [3.05, 3.63) is 58.3 Å². The van der Waals surface area contributed by atoms with Crippen molar-refractivity contribution in [2.24, 2.45) is 0 Å². The average molecular weight is 388 g/mol. The Morgan fingerprint density at radius 2 is 1.95 bits per heavy atom. The molecule has 7 heteroatoms. The van der Waals surface area contributed by atoms with E-state index in [2.05, 4.69) is 20.7 Å². The molecule has 0 fully saturated rings. The van der Waals surface area contributed by atoms with Gasteiger partial charge >= 0.3 is 0 Å². The molecule has 0 aliphatic heterocycles. The topological polar surface area (TPSA) is 55.4 Å². The third kappa shape index (κ3) is 4.28. The quantitative estimate of drug-likeness (QED) is 0.773. The van der Waals surface area contributed by atoms with E-state index < -0.39 is 15.8 Å². The van der Waals surface area contributed by atoms with Crippen molar-refractivity contribution in [3.63, 3.8) is 0 Å². The Hall–Kier alpha value is -1.44. The number of hydrogen-bond donors (Lipinski definition) is 1. The molecule has 0 spiro atoms. The average Bonchev–Trinajstić information content (AvgIpc) is 2.48.